The molecule has 1 unspecified atom stereocenters. The zero-order valence-corrected chi connectivity index (χ0v) is 14.0. The van der Waals surface area contributed by atoms with Gasteiger partial charge in [-0.1, -0.05) is 28.1 Å². The summed E-state index contributed by atoms with van der Waals surface area (Å²) in [6.07, 6.45) is 0.215. The van der Waals surface area contributed by atoms with Crippen molar-refractivity contribution in [1.82, 2.24) is 4.90 Å². The van der Waals surface area contributed by atoms with Crippen LogP contribution in [0.2, 0.25) is 0 Å². The number of likely N-dealkylation sites (N-methyl/N-ethyl adjacent to an activating group) is 1. The van der Waals surface area contributed by atoms with Crippen LogP contribution in [0.15, 0.2) is 22.7 Å². The molecule has 0 N–H and O–H groups in total. The molecule has 0 bridgehead atoms. The maximum absolute atomic E-state index is 12.0. The van der Waals surface area contributed by atoms with E-state index in [9.17, 15) is 9.59 Å². The molecule has 0 saturated carbocycles. The van der Waals surface area contributed by atoms with E-state index in [1.807, 2.05) is 25.1 Å². The minimum Gasteiger partial charge on any atom is -0.444 e. The summed E-state index contributed by atoms with van der Waals surface area (Å²) >= 11 is 3.43. The molecule has 4 nitrogen and oxygen atoms in total. The van der Waals surface area contributed by atoms with Crippen LogP contribution in [-0.4, -0.2) is 29.9 Å². The molecule has 1 rings (SSSR count). The van der Waals surface area contributed by atoms with Crippen molar-refractivity contribution >= 4 is 28.3 Å². The predicted molar refractivity (Wildman–Crippen MR) is 81.7 cm³/mol. The molecule has 5 heteroatoms. The summed E-state index contributed by atoms with van der Waals surface area (Å²) in [6, 6.07) is 4.91. The van der Waals surface area contributed by atoms with Gasteiger partial charge >= 0.3 is 6.09 Å². The van der Waals surface area contributed by atoms with Crippen LogP contribution >= 0.6 is 15.9 Å². The third-order valence-corrected chi connectivity index (χ3v) is 3.62. The van der Waals surface area contributed by atoms with E-state index in [1.165, 1.54) is 4.90 Å². The summed E-state index contributed by atoms with van der Waals surface area (Å²) in [5.41, 5.74) is 1.22. The molecular weight excluding hydrogens is 322 g/mol. The molecule has 0 aliphatic carbocycles. The van der Waals surface area contributed by atoms with Gasteiger partial charge in [0.05, 0.1) is 0 Å². The van der Waals surface area contributed by atoms with Gasteiger partial charge in [0.2, 0.25) is 0 Å². The average Bonchev–Trinajstić information content (AvgIpc) is 2.32. The molecule has 0 saturated heterocycles. The van der Waals surface area contributed by atoms with Gasteiger partial charge in [0.1, 0.15) is 17.9 Å². The van der Waals surface area contributed by atoms with Gasteiger partial charge in [0.15, 0.2) is 0 Å². The standard InChI is InChI=1S/C15H20BrNO3/c1-10-6-7-11(8-12(10)16)13(9-18)17(5)14(19)20-15(2,3)4/h6-9,13H,1-5H3. The zero-order valence-electron chi connectivity index (χ0n) is 12.4. The number of ether oxygens (including phenoxy) is 1. The van der Waals surface area contributed by atoms with Crippen LogP contribution in [0.4, 0.5) is 4.79 Å². The number of hydrogen-bond acceptors (Lipinski definition) is 3. The van der Waals surface area contributed by atoms with Gasteiger partial charge < -0.3 is 9.53 Å². The Morgan fingerprint density at radius 2 is 2.00 bits per heavy atom. The first kappa shape index (κ1) is 16.7. The second-order valence-corrected chi connectivity index (χ2v) is 6.54. The van der Waals surface area contributed by atoms with E-state index in [1.54, 1.807) is 27.8 Å². The summed E-state index contributed by atoms with van der Waals surface area (Å²) in [4.78, 5) is 24.7. The topological polar surface area (TPSA) is 46.6 Å². The smallest absolute Gasteiger partial charge is 0.410 e. The van der Waals surface area contributed by atoms with Crippen molar-refractivity contribution in [2.24, 2.45) is 0 Å². The fraction of sp³-hybridized carbons (Fsp3) is 0.467. The number of aryl methyl sites for hydroxylation is 1. The maximum atomic E-state index is 12.0. The lowest BCUT2D eigenvalue weighted by molar-refractivity contribution is -0.112. The molecule has 1 amide bonds. The van der Waals surface area contributed by atoms with Crippen molar-refractivity contribution in [3.8, 4) is 0 Å². The molecule has 0 aliphatic heterocycles. The maximum Gasteiger partial charge on any atom is 0.410 e. The second-order valence-electron chi connectivity index (χ2n) is 5.68. The SMILES string of the molecule is Cc1ccc(C(C=O)N(C)C(=O)OC(C)(C)C)cc1Br. The van der Waals surface area contributed by atoms with Gasteiger partial charge in [-0.15, -0.1) is 0 Å². The first-order chi connectivity index (χ1) is 9.15. The van der Waals surface area contributed by atoms with Crippen molar-refractivity contribution in [3.05, 3.63) is 33.8 Å². The summed E-state index contributed by atoms with van der Waals surface area (Å²) in [5.74, 6) is 0. The van der Waals surface area contributed by atoms with Crippen LogP contribution in [-0.2, 0) is 9.53 Å². The van der Waals surface area contributed by atoms with E-state index in [-0.39, 0.29) is 0 Å². The molecule has 0 aliphatic rings. The van der Waals surface area contributed by atoms with Crippen molar-refractivity contribution < 1.29 is 14.3 Å². The Morgan fingerprint density at radius 3 is 2.45 bits per heavy atom. The molecule has 0 fully saturated rings. The molecule has 1 aromatic carbocycles. The highest BCUT2D eigenvalue weighted by Crippen LogP contribution is 2.25. The largest absolute Gasteiger partial charge is 0.444 e. The molecule has 1 atom stereocenters. The third-order valence-electron chi connectivity index (χ3n) is 2.77. The van der Waals surface area contributed by atoms with E-state index in [0.29, 0.717) is 0 Å². The van der Waals surface area contributed by atoms with Crippen LogP contribution in [0.3, 0.4) is 0 Å². The number of aldehydes is 1. The number of benzene rings is 1. The second kappa shape index (κ2) is 6.39. The lowest BCUT2D eigenvalue weighted by Gasteiger charge is -2.28. The minimum atomic E-state index is -0.665. The Morgan fingerprint density at radius 1 is 1.40 bits per heavy atom. The number of rotatable bonds is 3. The van der Waals surface area contributed by atoms with Crippen LogP contribution in [0.1, 0.15) is 37.9 Å². The normalized spacial score (nSPS) is 12.7. The van der Waals surface area contributed by atoms with Crippen molar-refractivity contribution in [3.63, 3.8) is 0 Å². The van der Waals surface area contributed by atoms with Crippen molar-refractivity contribution in [2.45, 2.75) is 39.3 Å². The van der Waals surface area contributed by atoms with Crippen LogP contribution in [0.5, 0.6) is 0 Å². The van der Waals surface area contributed by atoms with E-state index < -0.39 is 17.7 Å². The fourth-order valence-corrected chi connectivity index (χ4v) is 2.03. The number of carbonyl (C=O) groups is 2. The lowest BCUT2D eigenvalue weighted by atomic mass is 10.1. The number of halogens is 1. The Hall–Kier alpha value is -1.36. The van der Waals surface area contributed by atoms with Gasteiger partial charge in [0, 0.05) is 11.5 Å². The highest BCUT2D eigenvalue weighted by Gasteiger charge is 2.26. The van der Waals surface area contributed by atoms with Crippen LogP contribution in [0.25, 0.3) is 0 Å². The number of hydrogen-bond donors (Lipinski definition) is 0. The monoisotopic (exact) mass is 341 g/mol. The van der Waals surface area contributed by atoms with Gasteiger partial charge in [-0.05, 0) is 44.9 Å². The highest BCUT2D eigenvalue weighted by atomic mass is 79.9. The van der Waals surface area contributed by atoms with Gasteiger partial charge in [0.25, 0.3) is 0 Å². The average molecular weight is 342 g/mol. The van der Waals surface area contributed by atoms with Gasteiger partial charge in [-0.25, -0.2) is 4.79 Å². The Bertz CT molecular complexity index is 508. The lowest BCUT2D eigenvalue weighted by Crippen LogP contribution is -2.37. The number of amides is 1. The number of nitrogens with zero attached hydrogens (tertiary/aromatic N) is 1. The van der Waals surface area contributed by atoms with Gasteiger partial charge in [-0.2, -0.15) is 0 Å². The van der Waals surface area contributed by atoms with Gasteiger partial charge in [-0.3, -0.25) is 4.90 Å². The van der Waals surface area contributed by atoms with Crippen molar-refractivity contribution in [1.29, 1.82) is 0 Å². The fourth-order valence-electron chi connectivity index (χ4n) is 1.63. The first-order valence-corrected chi connectivity index (χ1v) is 7.12. The number of carbonyl (C=O) groups excluding carboxylic acids is 2. The van der Waals surface area contributed by atoms with Crippen LogP contribution in [0, 0.1) is 6.92 Å². The molecule has 0 heterocycles. The predicted octanol–water partition coefficient (Wildman–Crippen LogP) is 3.86. The van der Waals surface area contributed by atoms with Crippen LogP contribution < -0.4 is 0 Å². The third kappa shape index (κ3) is 4.34. The van der Waals surface area contributed by atoms with E-state index in [4.69, 9.17) is 4.74 Å². The first-order valence-electron chi connectivity index (χ1n) is 6.33. The summed E-state index contributed by atoms with van der Waals surface area (Å²) in [6.45, 7) is 7.33. The van der Waals surface area contributed by atoms with Crippen molar-refractivity contribution in [2.75, 3.05) is 7.05 Å². The summed E-state index contributed by atoms with van der Waals surface area (Å²) < 4.78 is 6.18. The Balaban J connectivity index is 2.97. The minimum absolute atomic E-state index is 0.522. The quantitative estimate of drug-likeness (QED) is 0.784. The molecule has 0 aromatic heterocycles. The molecule has 0 radical (unpaired) electrons. The summed E-state index contributed by atoms with van der Waals surface area (Å²) in [7, 11) is 1.56. The van der Waals surface area contributed by atoms with E-state index >= 15 is 0 Å². The van der Waals surface area contributed by atoms with E-state index in [0.717, 1.165) is 21.9 Å². The molecule has 1 aromatic rings. The summed E-state index contributed by atoms with van der Waals surface area (Å²) in [5, 5.41) is 0. The molecule has 0 spiro atoms. The Labute approximate surface area is 128 Å². The molecular formula is C15H20BrNO3. The zero-order chi connectivity index (χ0) is 15.5. The Kier molecular flexibility index (Phi) is 5.34. The molecule has 110 valence electrons. The molecule has 20 heavy (non-hydrogen) atoms. The van der Waals surface area contributed by atoms with E-state index in [2.05, 4.69) is 15.9 Å². The highest BCUT2D eigenvalue weighted by molar-refractivity contribution is 9.10.